The number of ketones is 1. The van der Waals surface area contributed by atoms with Gasteiger partial charge in [0.05, 0.1) is 5.41 Å². The van der Waals surface area contributed by atoms with Gasteiger partial charge in [-0.05, 0) is 45.0 Å². The van der Waals surface area contributed by atoms with Gasteiger partial charge in [0, 0.05) is 11.5 Å². The molecule has 0 unspecified atom stereocenters. The van der Waals surface area contributed by atoms with Crippen LogP contribution in [0.5, 0.6) is 0 Å². The first-order chi connectivity index (χ1) is 12.3. The standard InChI is InChI=1S/C24H33NO/c1-7-23(3,4)22(26)24(18-19(2)25(5)6,20-14-10-8-11-15-20)21-16-12-9-13-17-21/h8-17,19H,7,18H2,1-6H3/t19-/m0/s1. The highest BCUT2D eigenvalue weighted by Gasteiger charge is 2.48. The lowest BCUT2D eigenvalue weighted by atomic mass is 9.61. The first kappa shape index (κ1) is 20.4. The number of hydrogen-bond donors (Lipinski definition) is 0. The molecule has 0 heterocycles. The Labute approximate surface area is 159 Å². The van der Waals surface area contributed by atoms with Crippen molar-refractivity contribution in [1.29, 1.82) is 0 Å². The van der Waals surface area contributed by atoms with Crippen LogP contribution in [-0.4, -0.2) is 30.8 Å². The first-order valence-corrected chi connectivity index (χ1v) is 9.58. The Bertz CT molecular complexity index is 664. The summed E-state index contributed by atoms with van der Waals surface area (Å²) in [4.78, 5) is 16.3. The van der Waals surface area contributed by atoms with E-state index in [0.29, 0.717) is 5.78 Å². The van der Waals surface area contributed by atoms with Gasteiger partial charge >= 0.3 is 0 Å². The fourth-order valence-electron chi connectivity index (χ4n) is 3.57. The molecule has 0 aliphatic rings. The second kappa shape index (κ2) is 8.18. The average Bonchev–Trinajstić information content (AvgIpc) is 2.66. The molecule has 2 heteroatoms. The van der Waals surface area contributed by atoms with Crippen LogP contribution < -0.4 is 0 Å². The monoisotopic (exact) mass is 351 g/mol. The van der Waals surface area contributed by atoms with Crippen molar-refractivity contribution >= 4 is 5.78 Å². The molecule has 0 saturated heterocycles. The zero-order valence-corrected chi connectivity index (χ0v) is 17.1. The van der Waals surface area contributed by atoms with Crippen molar-refractivity contribution in [3.8, 4) is 0 Å². The molecule has 0 radical (unpaired) electrons. The Morgan fingerprint density at radius 3 is 1.69 bits per heavy atom. The number of nitrogens with zero attached hydrogens (tertiary/aromatic N) is 1. The normalized spacial score (nSPS) is 13.7. The van der Waals surface area contributed by atoms with Crippen LogP contribution in [0.4, 0.5) is 0 Å². The zero-order valence-electron chi connectivity index (χ0n) is 17.1. The molecule has 0 amide bonds. The van der Waals surface area contributed by atoms with E-state index in [1.54, 1.807) is 0 Å². The van der Waals surface area contributed by atoms with Crippen molar-refractivity contribution in [3.63, 3.8) is 0 Å². The summed E-state index contributed by atoms with van der Waals surface area (Å²) in [6.45, 7) is 8.47. The molecule has 0 aliphatic carbocycles. The molecule has 140 valence electrons. The fourth-order valence-corrected chi connectivity index (χ4v) is 3.57. The van der Waals surface area contributed by atoms with E-state index >= 15 is 0 Å². The third-order valence-corrected chi connectivity index (χ3v) is 5.90. The molecule has 2 nitrogen and oxygen atoms in total. The van der Waals surface area contributed by atoms with Crippen molar-refractivity contribution in [3.05, 3.63) is 71.8 Å². The predicted octanol–water partition coefficient (Wildman–Crippen LogP) is 5.32. The highest BCUT2D eigenvalue weighted by Crippen LogP contribution is 2.44. The van der Waals surface area contributed by atoms with Gasteiger partial charge in [-0.15, -0.1) is 0 Å². The van der Waals surface area contributed by atoms with Gasteiger partial charge in [0.2, 0.25) is 0 Å². The highest BCUT2D eigenvalue weighted by atomic mass is 16.1. The average molecular weight is 352 g/mol. The first-order valence-electron chi connectivity index (χ1n) is 9.58. The van der Waals surface area contributed by atoms with Gasteiger partial charge in [-0.1, -0.05) is 81.4 Å². The number of hydrogen-bond acceptors (Lipinski definition) is 2. The molecule has 0 bridgehead atoms. The second-order valence-corrected chi connectivity index (χ2v) is 8.22. The lowest BCUT2D eigenvalue weighted by Gasteiger charge is -2.42. The lowest BCUT2D eigenvalue weighted by Crippen LogP contribution is -2.48. The molecule has 1 atom stereocenters. The summed E-state index contributed by atoms with van der Waals surface area (Å²) in [7, 11) is 4.17. The number of rotatable bonds is 8. The SMILES string of the molecule is CCC(C)(C)C(=O)C(C[C@H](C)N(C)C)(c1ccccc1)c1ccccc1. The van der Waals surface area contributed by atoms with Crippen LogP contribution in [0.1, 0.15) is 51.7 Å². The van der Waals surface area contributed by atoms with E-state index in [4.69, 9.17) is 0 Å². The maximum Gasteiger partial charge on any atom is 0.153 e. The Morgan fingerprint density at radius 2 is 1.35 bits per heavy atom. The summed E-state index contributed by atoms with van der Waals surface area (Å²) in [6.07, 6.45) is 1.58. The van der Waals surface area contributed by atoms with Crippen LogP contribution in [0.25, 0.3) is 0 Å². The van der Waals surface area contributed by atoms with Gasteiger partial charge in [0.1, 0.15) is 0 Å². The minimum atomic E-state index is -0.647. The van der Waals surface area contributed by atoms with Gasteiger partial charge in [-0.2, -0.15) is 0 Å². The third-order valence-electron chi connectivity index (χ3n) is 5.90. The van der Waals surface area contributed by atoms with Crippen molar-refractivity contribution in [2.24, 2.45) is 5.41 Å². The number of carbonyl (C=O) groups is 1. The zero-order chi connectivity index (χ0) is 19.4. The van der Waals surface area contributed by atoms with Crippen LogP contribution in [-0.2, 0) is 10.2 Å². The van der Waals surface area contributed by atoms with Crippen LogP contribution in [0.15, 0.2) is 60.7 Å². The van der Waals surface area contributed by atoms with Crippen molar-refractivity contribution < 1.29 is 4.79 Å². The van der Waals surface area contributed by atoms with Gasteiger partial charge < -0.3 is 4.90 Å². The van der Waals surface area contributed by atoms with E-state index < -0.39 is 10.8 Å². The quantitative estimate of drug-likeness (QED) is 0.641. The van der Waals surface area contributed by atoms with E-state index in [9.17, 15) is 4.79 Å². The predicted molar refractivity (Wildman–Crippen MR) is 111 cm³/mol. The molecule has 0 saturated carbocycles. The van der Waals surface area contributed by atoms with E-state index in [0.717, 1.165) is 24.0 Å². The Kier molecular flexibility index (Phi) is 6.41. The minimum absolute atomic E-state index is 0.270. The molecule has 0 aromatic heterocycles. The third kappa shape index (κ3) is 3.91. The Hall–Kier alpha value is -1.93. The smallest absolute Gasteiger partial charge is 0.153 e. The van der Waals surface area contributed by atoms with Gasteiger partial charge in [0.15, 0.2) is 5.78 Å². The molecule has 0 fully saturated rings. The van der Waals surface area contributed by atoms with Crippen molar-refractivity contribution in [1.82, 2.24) is 4.90 Å². The Balaban J connectivity index is 2.77. The molecular formula is C24H33NO. The maximum atomic E-state index is 14.1. The molecule has 2 aromatic rings. The largest absolute Gasteiger partial charge is 0.307 e. The van der Waals surface area contributed by atoms with Crippen LogP contribution in [0, 0.1) is 5.41 Å². The summed E-state index contributed by atoms with van der Waals surface area (Å²) in [6, 6.07) is 20.9. The topological polar surface area (TPSA) is 20.3 Å². The highest BCUT2D eigenvalue weighted by molar-refractivity contribution is 5.97. The van der Waals surface area contributed by atoms with Crippen molar-refractivity contribution in [2.45, 2.75) is 52.0 Å². The summed E-state index contributed by atoms with van der Waals surface area (Å²) < 4.78 is 0. The molecule has 0 N–H and O–H groups in total. The van der Waals surface area contributed by atoms with Crippen LogP contribution in [0.3, 0.4) is 0 Å². The van der Waals surface area contributed by atoms with Gasteiger partial charge in [0.25, 0.3) is 0 Å². The second-order valence-electron chi connectivity index (χ2n) is 8.22. The molecular weight excluding hydrogens is 318 g/mol. The number of Topliss-reactive ketones (excluding diaryl/α,β-unsaturated/α-hetero) is 1. The van der Waals surface area contributed by atoms with E-state index in [2.05, 4.69) is 71.0 Å². The Morgan fingerprint density at radius 1 is 0.923 bits per heavy atom. The van der Waals surface area contributed by atoms with Crippen LogP contribution >= 0.6 is 0 Å². The van der Waals surface area contributed by atoms with E-state index in [1.807, 2.05) is 36.4 Å². The summed E-state index contributed by atoms with van der Waals surface area (Å²) in [5, 5.41) is 0. The van der Waals surface area contributed by atoms with E-state index in [-0.39, 0.29) is 6.04 Å². The fraction of sp³-hybridized carbons (Fsp3) is 0.458. The van der Waals surface area contributed by atoms with Gasteiger partial charge in [-0.3, -0.25) is 4.79 Å². The lowest BCUT2D eigenvalue weighted by molar-refractivity contribution is -0.132. The maximum absolute atomic E-state index is 14.1. The molecule has 2 rings (SSSR count). The molecule has 2 aromatic carbocycles. The molecule has 0 aliphatic heterocycles. The number of benzene rings is 2. The summed E-state index contributed by atoms with van der Waals surface area (Å²) in [5.41, 5.74) is 1.14. The summed E-state index contributed by atoms with van der Waals surface area (Å²) in [5.74, 6) is 0.304. The summed E-state index contributed by atoms with van der Waals surface area (Å²) >= 11 is 0. The number of carbonyl (C=O) groups excluding carboxylic acids is 1. The van der Waals surface area contributed by atoms with Gasteiger partial charge in [-0.25, -0.2) is 0 Å². The minimum Gasteiger partial charge on any atom is -0.307 e. The van der Waals surface area contributed by atoms with Crippen molar-refractivity contribution in [2.75, 3.05) is 14.1 Å². The van der Waals surface area contributed by atoms with E-state index in [1.165, 1.54) is 0 Å². The molecule has 0 spiro atoms. The molecule has 26 heavy (non-hydrogen) atoms. The van der Waals surface area contributed by atoms with Crippen LogP contribution in [0.2, 0.25) is 0 Å².